The third-order valence-electron chi connectivity index (χ3n) is 3.50. The van der Waals surface area contributed by atoms with E-state index in [0.29, 0.717) is 5.95 Å². The molecule has 0 radical (unpaired) electrons. The smallest absolute Gasteiger partial charge is 0.229 e. The number of nitrogens with zero attached hydrogens (tertiary/aromatic N) is 3. The summed E-state index contributed by atoms with van der Waals surface area (Å²) in [6.45, 7) is 2.06. The first-order valence-electron chi connectivity index (χ1n) is 7.28. The lowest BCUT2D eigenvalue weighted by atomic mass is 10.2. The topological polar surface area (TPSA) is 41.1 Å². The second-order valence-corrected chi connectivity index (χ2v) is 6.10. The molecular weight excluding hydrogens is 352 g/mol. The van der Waals surface area contributed by atoms with Gasteiger partial charge in [0.1, 0.15) is 5.82 Å². The van der Waals surface area contributed by atoms with E-state index in [-0.39, 0.29) is 0 Å². The van der Waals surface area contributed by atoms with Crippen LogP contribution in [0.15, 0.2) is 65.3 Å². The van der Waals surface area contributed by atoms with Gasteiger partial charge in [0.15, 0.2) is 0 Å². The summed E-state index contributed by atoms with van der Waals surface area (Å²) in [4.78, 5) is 10.9. The van der Waals surface area contributed by atoms with Crippen LogP contribution >= 0.6 is 15.9 Å². The lowest BCUT2D eigenvalue weighted by Gasteiger charge is -2.18. The molecule has 23 heavy (non-hydrogen) atoms. The number of para-hydroxylation sites is 1. The molecule has 116 valence electrons. The zero-order chi connectivity index (χ0) is 16.2. The second kappa shape index (κ2) is 6.79. The number of hydrogen-bond donors (Lipinski definition) is 1. The molecule has 0 saturated carbocycles. The van der Waals surface area contributed by atoms with Crippen molar-refractivity contribution in [3.63, 3.8) is 0 Å². The first kappa shape index (κ1) is 15.5. The van der Waals surface area contributed by atoms with Gasteiger partial charge < -0.3 is 10.2 Å². The molecule has 0 atom stereocenters. The van der Waals surface area contributed by atoms with Crippen molar-refractivity contribution in [1.82, 2.24) is 9.97 Å². The maximum atomic E-state index is 4.59. The Labute approximate surface area is 144 Å². The van der Waals surface area contributed by atoms with E-state index in [2.05, 4.69) is 44.2 Å². The fraction of sp³-hybridized carbons (Fsp3) is 0.111. The summed E-state index contributed by atoms with van der Waals surface area (Å²) in [6, 6.07) is 18.1. The molecule has 3 rings (SSSR count). The van der Waals surface area contributed by atoms with Gasteiger partial charge in [-0.15, -0.1) is 0 Å². The molecule has 1 heterocycles. The SMILES string of the molecule is Cc1ccc(Nc2nccc(N(C)c3ccccc3)n2)c(Br)c1. The lowest BCUT2D eigenvalue weighted by Crippen LogP contribution is -2.12. The maximum Gasteiger partial charge on any atom is 0.229 e. The van der Waals surface area contributed by atoms with Crippen molar-refractivity contribution in [2.75, 3.05) is 17.3 Å². The molecule has 0 bridgehead atoms. The molecule has 0 spiro atoms. The summed E-state index contributed by atoms with van der Waals surface area (Å²) in [6.07, 6.45) is 1.76. The summed E-state index contributed by atoms with van der Waals surface area (Å²) in [5.41, 5.74) is 3.21. The number of aromatic nitrogens is 2. The highest BCUT2D eigenvalue weighted by molar-refractivity contribution is 9.10. The largest absolute Gasteiger partial charge is 0.329 e. The molecule has 1 N–H and O–H groups in total. The van der Waals surface area contributed by atoms with Crippen molar-refractivity contribution in [3.05, 3.63) is 70.8 Å². The van der Waals surface area contributed by atoms with Crippen LogP contribution in [-0.4, -0.2) is 17.0 Å². The Morgan fingerprint density at radius 3 is 2.57 bits per heavy atom. The van der Waals surface area contributed by atoms with Crippen LogP contribution in [0.1, 0.15) is 5.56 Å². The molecule has 0 saturated heterocycles. The Morgan fingerprint density at radius 2 is 1.83 bits per heavy atom. The Hall–Kier alpha value is -2.40. The van der Waals surface area contributed by atoms with E-state index in [1.54, 1.807) is 6.20 Å². The number of aryl methyl sites for hydroxylation is 1. The monoisotopic (exact) mass is 368 g/mol. The summed E-state index contributed by atoms with van der Waals surface area (Å²) in [5, 5.41) is 3.25. The number of rotatable bonds is 4. The number of halogens is 1. The van der Waals surface area contributed by atoms with Crippen molar-refractivity contribution >= 4 is 39.1 Å². The molecule has 0 aliphatic rings. The van der Waals surface area contributed by atoms with Gasteiger partial charge in [0.05, 0.1) is 5.69 Å². The summed E-state index contributed by atoms with van der Waals surface area (Å²) in [5.74, 6) is 1.40. The summed E-state index contributed by atoms with van der Waals surface area (Å²) in [7, 11) is 1.99. The molecule has 3 aromatic rings. The van der Waals surface area contributed by atoms with Crippen LogP contribution < -0.4 is 10.2 Å². The minimum Gasteiger partial charge on any atom is -0.329 e. The van der Waals surface area contributed by atoms with E-state index in [0.717, 1.165) is 21.7 Å². The van der Waals surface area contributed by atoms with Gasteiger partial charge in [0.2, 0.25) is 5.95 Å². The molecule has 2 aromatic carbocycles. The zero-order valence-electron chi connectivity index (χ0n) is 13.0. The van der Waals surface area contributed by atoms with Crippen LogP contribution in [0, 0.1) is 6.92 Å². The number of benzene rings is 2. The fourth-order valence-electron chi connectivity index (χ4n) is 2.22. The van der Waals surface area contributed by atoms with E-state index in [1.807, 2.05) is 60.5 Å². The van der Waals surface area contributed by atoms with Crippen LogP contribution in [0.5, 0.6) is 0 Å². The van der Waals surface area contributed by atoms with Gasteiger partial charge in [-0.05, 0) is 58.7 Å². The molecule has 0 unspecified atom stereocenters. The minimum absolute atomic E-state index is 0.565. The van der Waals surface area contributed by atoms with Crippen LogP contribution in [0.3, 0.4) is 0 Å². The fourth-order valence-corrected chi connectivity index (χ4v) is 2.81. The first-order valence-corrected chi connectivity index (χ1v) is 8.08. The van der Waals surface area contributed by atoms with Crippen molar-refractivity contribution in [2.45, 2.75) is 6.92 Å². The zero-order valence-corrected chi connectivity index (χ0v) is 14.6. The number of nitrogens with one attached hydrogen (secondary N) is 1. The highest BCUT2D eigenvalue weighted by Gasteiger charge is 2.08. The van der Waals surface area contributed by atoms with Gasteiger partial charge in [-0.25, -0.2) is 4.98 Å². The minimum atomic E-state index is 0.565. The first-order chi connectivity index (χ1) is 11.1. The van der Waals surface area contributed by atoms with Crippen molar-refractivity contribution < 1.29 is 0 Å². The van der Waals surface area contributed by atoms with Crippen molar-refractivity contribution in [3.8, 4) is 0 Å². The van der Waals surface area contributed by atoms with Crippen LogP contribution in [0.4, 0.5) is 23.1 Å². The van der Waals surface area contributed by atoms with E-state index >= 15 is 0 Å². The number of hydrogen-bond acceptors (Lipinski definition) is 4. The van der Waals surface area contributed by atoms with Gasteiger partial charge in [-0.3, -0.25) is 0 Å². The van der Waals surface area contributed by atoms with Gasteiger partial charge >= 0.3 is 0 Å². The highest BCUT2D eigenvalue weighted by atomic mass is 79.9. The van der Waals surface area contributed by atoms with Gasteiger partial charge in [0.25, 0.3) is 0 Å². The molecule has 0 aliphatic carbocycles. The van der Waals surface area contributed by atoms with Gasteiger partial charge in [0, 0.05) is 23.4 Å². The molecule has 0 amide bonds. The molecule has 1 aromatic heterocycles. The van der Waals surface area contributed by atoms with Crippen LogP contribution in [0.25, 0.3) is 0 Å². The average molecular weight is 369 g/mol. The van der Waals surface area contributed by atoms with Crippen LogP contribution in [0.2, 0.25) is 0 Å². The standard InChI is InChI=1S/C18H17BrN4/c1-13-8-9-16(15(19)12-13)21-18-20-11-10-17(22-18)23(2)14-6-4-3-5-7-14/h3-12H,1-2H3,(H,20,21,22). The van der Waals surface area contributed by atoms with E-state index < -0.39 is 0 Å². The summed E-state index contributed by atoms with van der Waals surface area (Å²) >= 11 is 3.56. The third kappa shape index (κ3) is 3.68. The maximum absolute atomic E-state index is 4.59. The Morgan fingerprint density at radius 1 is 1.04 bits per heavy atom. The van der Waals surface area contributed by atoms with Gasteiger partial charge in [-0.2, -0.15) is 4.98 Å². The quantitative estimate of drug-likeness (QED) is 0.698. The molecule has 4 nitrogen and oxygen atoms in total. The third-order valence-corrected chi connectivity index (χ3v) is 4.16. The molecular formula is C18H17BrN4. The normalized spacial score (nSPS) is 10.4. The number of anilines is 4. The Balaban J connectivity index is 1.85. The van der Waals surface area contributed by atoms with Crippen LogP contribution in [-0.2, 0) is 0 Å². The van der Waals surface area contributed by atoms with Gasteiger partial charge in [-0.1, -0.05) is 24.3 Å². The second-order valence-electron chi connectivity index (χ2n) is 5.24. The Kier molecular flexibility index (Phi) is 4.57. The predicted octanol–water partition coefficient (Wildman–Crippen LogP) is 5.06. The van der Waals surface area contributed by atoms with Crippen molar-refractivity contribution in [1.29, 1.82) is 0 Å². The molecule has 0 aliphatic heterocycles. The van der Waals surface area contributed by atoms with E-state index in [9.17, 15) is 0 Å². The van der Waals surface area contributed by atoms with E-state index in [4.69, 9.17) is 0 Å². The Bertz CT molecular complexity index is 805. The van der Waals surface area contributed by atoms with E-state index in [1.165, 1.54) is 5.56 Å². The molecule has 0 fully saturated rings. The average Bonchev–Trinajstić information content (AvgIpc) is 2.58. The lowest BCUT2D eigenvalue weighted by molar-refractivity contribution is 1.08. The summed E-state index contributed by atoms with van der Waals surface area (Å²) < 4.78 is 0.989. The predicted molar refractivity (Wildman–Crippen MR) is 98.7 cm³/mol. The van der Waals surface area contributed by atoms with Crippen molar-refractivity contribution in [2.24, 2.45) is 0 Å². The molecule has 5 heteroatoms. The highest BCUT2D eigenvalue weighted by Crippen LogP contribution is 2.27.